The second kappa shape index (κ2) is 8.57. The van der Waals surface area contributed by atoms with Crippen molar-refractivity contribution < 1.29 is 9.59 Å². The number of fused-ring (bicyclic) bond motifs is 1. The van der Waals surface area contributed by atoms with E-state index in [2.05, 4.69) is 10.6 Å². The summed E-state index contributed by atoms with van der Waals surface area (Å²) < 4.78 is 3.40. The standard InChI is InChI=1S/C23H26N4O3/c1-2-14-26-19-9-5-6-10-20(19)27(23(26)30)15-13-21(28)25-18-8-4-3-7-17(18)22(29)24-16-11-12-16/h3-10,16H,2,11-15H2,1H3,(H,24,29)(H,25,28). The van der Waals surface area contributed by atoms with E-state index in [-0.39, 0.29) is 36.5 Å². The zero-order chi connectivity index (χ0) is 21.1. The Kier molecular flexibility index (Phi) is 5.70. The molecule has 0 radical (unpaired) electrons. The highest BCUT2D eigenvalue weighted by atomic mass is 16.2. The summed E-state index contributed by atoms with van der Waals surface area (Å²) in [6.45, 7) is 2.95. The van der Waals surface area contributed by atoms with Crippen LogP contribution in [0.5, 0.6) is 0 Å². The summed E-state index contributed by atoms with van der Waals surface area (Å²) in [4.78, 5) is 37.9. The van der Waals surface area contributed by atoms with E-state index in [9.17, 15) is 14.4 Å². The lowest BCUT2D eigenvalue weighted by atomic mass is 10.1. The number of rotatable bonds is 8. The van der Waals surface area contributed by atoms with Gasteiger partial charge in [-0.3, -0.25) is 18.7 Å². The maximum atomic E-state index is 12.8. The van der Waals surface area contributed by atoms with Crippen LogP contribution in [0.3, 0.4) is 0 Å². The topological polar surface area (TPSA) is 85.1 Å². The Bertz CT molecular complexity index is 1140. The minimum Gasteiger partial charge on any atom is -0.349 e. The molecule has 0 aliphatic heterocycles. The second-order valence-corrected chi connectivity index (χ2v) is 7.67. The summed E-state index contributed by atoms with van der Waals surface area (Å²) in [5.74, 6) is -0.409. The fraction of sp³-hybridized carbons (Fsp3) is 0.348. The van der Waals surface area contributed by atoms with Crippen molar-refractivity contribution in [1.29, 1.82) is 0 Å². The van der Waals surface area contributed by atoms with Crippen molar-refractivity contribution in [3.8, 4) is 0 Å². The number of amides is 2. The first-order valence-electron chi connectivity index (χ1n) is 10.5. The van der Waals surface area contributed by atoms with Gasteiger partial charge in [0.1, 0.15) is 0 Å². The Morgan fingerprint density at radius 1 is 0.967 bits per heavy atom. The van der Waals surface area contributed by atoms with Gasteiger partial charge in [-0.25, -0.2) is 4.79 Å². The van der Waals surface area contributed by atoms with E-state index in [0.29, 0.717) is 17.8 Å². The third kappa shape index (κ3) is 4.15. The highest BCUT2D eigenvalue weighted by molar-refractivity contribution is 6.03. The number of hydrogen-bond donors (Lipinski definition) is 2. The summed E-state index contributed by atoms with van der Waals surface area (Å²) in [5, 5.41) is 5.78. The smallest absolute Gasteiger partial charge is 0.329 e. The molecule has 1 fully saturated rings. The van der Waals surface area contributed by atoms with Crippen molar-refractivity contribution in [1.82, 2.24) is 14.5 Å². The van der Waals surface area contributed by atoms with Crippen molar-refractivity contribution in [2.45, 2.75) is 51.7 Å². The van der Waals surface area contributed by atoms with Gasteiger partial charge in [0.05, 0.1) is 22.3 Å². The molecule has 1 heterocycles. The summed E-state index contributed by atoms with van der Waals surface area (Å²) in [5.41, 5.74) is 2.55. The molecular weight excluding hydrogens is 380 g/mol. The number of nitrogens with one attached hydrogen (secondary N) is 2. The lowest BCUT2D eigenvalue weighted by Crippen LogP contribution is -2.28. The Balaban J connectivity index is 1.48. The SMILES string of the molecule is CCCn1c(=O)n(CCC(=O)Nc2ccccc2C(=O)NC2CC2)c2ccccc21. The van der Waals surface area contributed by atoms with Gasteiger partial charge in [0.2, 0.25) is 5.91 Å². The van der Waals surface area contributed by atoms with Gasteiger partial charge >= 0.3 is 5.69 Å². The van der Waals surface area contributed by atoms with Gasteiger partial charge in [0.25, 0.3) is 5.91 Å². The van der Waals surface area contributed by atoms with Gasteiger partial charge in [-0.05, 0) is 43.5 Å². The maximum absolute atomic E-state index is 12.8. The van der Waals surface area contributed by atoms with Crippen LogP contribution in [-0.4, -0.2) is 27.0 Å². The summed E-state index contributed by atoms with van der Waals surface area (Å²) in [6, 6.07) is 14.9. The van der Waals surface area contributed by atoms with Gasteiger partial charge in [-0.15, -0.1) is 0 Å². The number of hydrogen-bond acceptors (Lipinski definition) is 3. The molecule has 0 atom stereocenters. The molecule has 3 aromatic rings. The predicted molar refractivity (Wildman–Crippen MR) is 117 cm³/mol. The molecule has 2 aromatic carbocycles. The van der Waals surface area contributed by atoms with Crippen LogP contribution < -0.4 is 16.3 Å². The van der Waals surface area contributed by atoms with Crippen LogP contribution in [-0.2, 0) is 17.9 Å². The molecule has 0 unspecified atom stereocenters. The number of imidazole rings is 1. The van der Waals surface area contributed by atoms with Gasteiger partial charge in [-0.1, -0.05) is 31.2 Å². The fourth-order valence-electron chi connectivity index (χ4n) is 3.64. The highest BCUT2D eigenvalue weighted by Crippen LogP contribution is 2.22. The van der Waals surface area contributed by atoms with Crippen LogP contribution in [0, 0.1) is 0 Å². The molecule has 2 amide bonds. The molecule has 156 valence electrons. The maximum Gasteiger partial charge on any atom is 0.329 e. The van der Waals surface area contributed by atoms with Crippen molar-refractivity contribution >= 4 is 28.5 Å². The third-order valence-corrected chi connectivity index (χ3v) is 5.29. The molecule has 1 aromatic heterocycles. The quantitative estimate of drug-likeness (QED) is 0.603. The second-order valence-electron chi connectivity index (χ2n) is 7.67. The predicted octanol–water partition coefficient (Wildman–Crippen LogP) is 3.13. The van der Waals surface area contributed by atoms with Crippen molar-refractivity contribution in [3.63, 3.8) is 0 Å². The average Bonchev–Trinajstić information content (AvgIpc) is 3.52. The lowest BCUT2D eigenvalue weighted by Gasteiger charge is -2.11. The molecule has 1 aliphatic carbocycles. The molecule has 1 aliphatic rings. The van der Waals surface area contributed by atoms with Crippen molar-refractivity contribution in [2.24, 2.45) is 0 Å². The van der Waals surface area contributed by atoms with Gasteiger partial charge in [0.15, 0.2) is 0 Å². The van der Waals surface area contributed by atoms with Crippen LogP contribution in [0.1, 0.15) is 43.0 Å². The van der Waals surface area contributed by atoms with E-state index in [4.69, 9.17) is 0 Å². The lowest BCUT2D eigenvalue weighted by molar-refractivity contribution is -0.116. The molecule has 2 N–H and O–H groups in total. The molecular formula is C23H26N4O3. The average molecular weight is 406 g/mol. The van der Waals surface area contributed by atoms with Crippen LogP contribution in [0.4, 0.5) is 5.69 Å². The molecule has 30 heavy (non-hydrogen) atoms. The summed E-state index contributed by atoms with van der Waals surface area (Å²) in [7, 11) is 0. The van der Waals surface area contributed by atoms with Crippen molar-refractivity contribution in [2.75, 3.05) is 5.32 Å². The van der Waals surface area contributed by atoms with Gasteiger partial charge < -0.3 is 10.6 Å². The van der Waals surface area contributed by atoms with Gasteiger partial charge in [0, 0.05) is 25.6 Å². The first-order valence-corrected chi connectivity index (χ1v) is 10.5. The number of carbonyl (C=O) groups is 2. The van der Waals surface area contributed by atoms with Crippen LogP contribution in [0.25, 0.3) is 11.0 Å². The van der Waals surface area contributed by atoms with E-state index in [1.165, 1.54) is 0 Å². The number of carbonyl (C=O) groups excluding carboxylic acids is 2. The highest BCUT2D eigenvalue weighted by Gasteiger charge is 2.25. The normalized spacial score (nSPS) is 13.4. The number of nitrogens with zero attached hydrogens (tertiary/aromatic N) is 2. The van der Waals surface area contributed by atoms with E-state index >= 15 is 0 Å². The van der Waals surface area contributed by atoms with Gasteiger partial charge in [-0.2, -0.15) is 0 Å². The molecule has 7 heteroatoms. The zero-order valence-electron chi connectivity index (χ0n) is 17.1. The summed E-state index contributed by atoms with van der Waals surface area (Å²) in [6.07, 6.45) is 2.99. The number of aromatic nitrogens is 2. The van der Waals surface area contributed by atoms with E-state index < -0.39 is 0 Å². The largest absolute Gasteiger partial charge is 0.349 e. The first-order chi connectivity index (χ1) is 14.6. The van der Waals surface area contributed by atoms with Crippen LogP contribution in [0.2, 0.25) is 0 Å². The Morgan fingerprint density at radius 2 is 1.60 bits per heavy atom. The Morgan fingerprint density at radius 3 is 2.27 bits per heavy atom. The summed E-state index contributed by atoms with van der Waals surface area (Å²) >= 11 is 0. The first kappa shape index (κ1) is 19.9. The third-order valence-electron chi connectivity index (χ3n) is 5.29. The molecule has 7 nitrogen and oxygen atoms in total. The minimum atomic E-state index is -0.235. The molecule has 4 rings (SSSR count). The molecule has 1 saturated carbocycles. The number of benzene rings is 2. The van der Waals surface area contributed by atoms with Crippen LogP contribution >= 0.6 is 0 Å². The number of para-hydroxylation sites is 3. The van der Waals surface area contributed by atoms with E-state index in [1.54, 1.807) is 33.4 Å². The fourth-order valence-corrected chi connectivity index (χ4v) is 3.64. The Labute approximate surface area is 174 Å². The molecule has 0 bridgehead atoms. The van der Waals surface area contributed by atoms with Crippen molar-refractivity contribution in [3.05, 3.63) is 64.6 Å². The van der Waals surface area contributed by atoms with E-state index in [0.717, 1.165) is 30.3 Å². The monoisotopic (exact) mass is 406 g/mol. The van der Waals surface area contributed by atoms with E-state index in [1.807, 2.05) is 31.2 Å². The Hall–Kier alpha value is -3.35. The number of anilines is 1. The molecule has 0 spiro atoms. The zero-order valence-corrected chi connectivity index (χ0v) is 17.1. The minimum absolute atomic E-state index is 0.102. The van der Waals surface area contributed by atoms with Crippen LogP contribution in [0.15, 0.2) is 53.3 Å². The number of aryl methyl sites for hydroxylation is 2. The molecule has 0 saturated heterocycles.